The van der Waals surface area contributed by atoms with Crippen LogP contribution >= 0.6 is 11.6 Å². The van der Waals surface area contributed by atoms with Crippen molar-refractivity contribution in [2.24, 2.45) is 5.41 Å². The Morgan fingerprint density at radius 1 is 1.21 bits per heavy atom. The molecule has 3 rings (SSSR count). The Morgan fingerprint density at radius 2 is 1.79 bits per heavy atom. The highest BCUT2D eigenvalue weighted by Gasteiger charge is 2.42. The van der Waals surface area contributed by atoms with E-state index in [0.29, 0.717) is 10.7 Å². The third-order valence-corrected chi connectivity index (χ3v) is 4.06. The lowest BCUT2D eigenvalue weighted by molar-refractivity contribution is -0.0283. The summed E-state index contributed by atoms with van der Waals surface area (Å²) in [5.74, 6) is 0. The molecule has 106 valence electrons. The van der Waals surface area contributed by atoms with Crippen LogP contribution in [0.4, 0.5) is 0 Å². The predicted molar refractivity (Wildman–Crippen MR) is 78.2 cm³/mol. The molecule has 2 aliphatic rings. The van der Waals surface area contributed by atoms with E-state index >= 15 is 0 Å². The van der Waals surface area contributed by atoms with E-state index in [2.05, 4.69) is 20.2 Å². The van der Waals surface area contributed by atoms with Crippen molar-refractivity contribution in [2.75, 3.05) is 26.2 Å². The maximum absolute atomic E-state index is 5.67. The highest BCUT2D eigenvalue weighted by molar-refractivity contribution is 6.28. The van der Waals surface area contributed by atoms with Gasteiger partial charge in [-0.15, -0.1) is 0 Å². The van der Waals surface area contributed by atoms with Crippen LogP contribution in [0.1, 0.15) is 32.3 Å². The van der Waals surface area contributed by atoms with Gasteiger partial charge < -0.3 is 5.32 Å². The fourth-order valence-electron chi connectivity index (χ4n) is 2.97. The Hall–Kier alpha value is -0.710. The lowest BCUT2D eigenvalue weighted by Crippen LogP contribution is -2.59. The summed E-state index contributed by atoms with van der Waals surface area (Å²) < 4.78 is 0. The van der Waals surface area contributed by atoms with Gasteiger partial charge in [0.25, 0.3) is 0 Å². The van der Waals surface area contributed by atoms with Gasteiger partial charge in [-0.05, 0) is 42.9 Å². The number of likely N-dealkylation sites (tertiary alicyclic amines) is 1. The molecule has 3 heterocycles. The molecule has 4 nitrogen and oxygen atoms in total. The van der Waals surface area contributed by atoms with Crippen LogP contribution in [0, 0.1) is 5.41 Å². The van der Waals surface area contributed by atoms with Crippen molar-refractivity contribution in [2.45, 2.75) is 33.2 Å². The van der Waals surface area contributed by atoms with Gasteiger partial charge in [0.15, 0.2) is 0 Å². The number of nitrogens with zero attached hydrogens (tertiary/aromatic N) is 3. The Labute approximate surface area is 120 Å². The van der Waals surface area contributed by atoms with Gasteiger partial charge in [-0.2, -0.15) is 0 Å². The van der Waals surface area contributed by atoms with E-state index in [1.807, 2.05) is 26.2 Å². The molecule has 1 aromatic heterocycles. The lowest BCUT2D eigenvalue weighted by Gasteiger charge is -2.52. The van der Waals surface area contributed by atoms with Crippen molar-refractivity contribution >= 4 is 11.6 Å². The van der Waals surface area contributed by atoms with E-state index < -0.39 is 0 Å². The Bertz CT molecular complexity index is 379. The van der Waals surface area contributed by atoms with Crippen LogP contribution < -0.4 is 5.32 Å². The molecular formula is C14H23ClN4. The fourth-order valence-corrected chi connectivity index (χ4v) is 3.06. The summed E-state index contributed by atoms with van der Waals surface area (Å²) in [5, 5.41) is 3.75. The van der Waals surface area contributed by atoms with Crippen LogP contribution in [-0.4, -0.2) is 41.0 Å². The summed E-state index contributed by atoms with van der Waals surface area (Å²) in [6.45, 7) is 9.75. The molecule has 19 heavy (non-hydrogen) atoms. The van der Waals surface area contributed by atoms with Gasteiger partial charge in [0.2, 0.25) is 5.28 Å². The number of nitrogens with one attached hydrogen (secondary N) is 1. The highest BCUT2D eigenvalue weighted by atomic mass is 35.5. The maximum Gasteiger partial charge on any atom is 0.222 e. The average molecular weight is 283 g/mol. The summed E-state index contributed by atoms with van der Waals surface area (Å²) in [4.78, 5) is 10.5. The zero-order chi connectivity index (χ0) is 13.7. The number of hydrogen-bond donors (Lipinski definition) is 1. The van der Waals surface area contributed by atoms with E-state index in [9.17, 15) is 0 Å². The molecule has 0 saturated carbocycles. The van der Waals surface area contributed by atoms with Crippen molar-refractivity contribution < 1.29 is 0 Å². The van der Waals surface area contributed by atoms with Gasteiger partial charge in [-0.1, -0.05) is 13.8 Å². The van der Waals surface area contributed by atoms with Crippen molar-refractivity contribution in [1.29, 1.82) is 0 Å². The molecule has 0 amide bonds. The Kier molecular flexibility index (Phi) is 5.13. The Balaban J connectivity index is 0.000000637. The zero-order valence-electron chi connectivity index (χ0n) is 11.8. The van der Waals surface area contributed by atoms with Gasteiger partial charge in [-0.3, -0.25) is 4.90 Å². The summed E-state index contributed by atoms with van der Waals surface area (Å²) >= 11 is 5.67. The SMILES string of the molecule is CC.Clc1ncc(CN2CC3(CCNCC3)C2)cn1. The molecule has 1 spiro atoms. The van der Waals surface area contributed by atoms with Crippen molar-refractivity contribution in [3.05, 3.63) is 23.2 Å². The molecule has 1 N–H and O–H groups in total. The minimum Gasteiger partial charge on any atom is -0.317 e. The first kappa shape index (κ1) is 14.7. The normalized spacial score (nSPS) is 21.4. The maximum atomic E-state index is 5.67. The van der Waals surface area contributed by atoms with Crippen LogP contribution in [0.3, 0.4) is 0 Å². The second-order valence-corrected chi connectivity index (χ2v) is 5.59. The minimum atomic E-state index is 0.326. The molecule has 2 aliphatic heterocycles. The van der Waals surface area contributed by atoms with E-state index in [0.717, 1.165) is 12.1 Å². The van der Waals surface area contributed by atoms with Crippen LogP contribution in [0.5, 0.6) is 0 Å². The number of halogens is 1. The number of hydrogen-bond acceptors (Lipinski definition) is 4. The van der Waals surface area contributed by atoms with E-state index in [-0.39, 0.29) is 0 Å². The molecule has 1 aromatic rings. The third kappa shape index (κ3) is 3.65. The predicted octanol–water partition coefficient (Wildman–Crippen LogP) is 2.34. The largest absolute Gasteiger partial charge is 0.317 e. The summed E-state index contributed by atoms with van der Waals surface area (Å²) in [7, 11) is 0. The summed E-state index contributed by atoms with van der Waals surface area (Å²) in [6.07, 6.45) is 6.28. The van der Waals surface area contributed by atoms with Crippen LogP contribution in [0.15, 0.2) is 12.4 Å². The quantitative estimate of drug-likeness (QED) is 0.846. The van der Waals surface area contributed by atoms with E-state index in [1.54, 1.807) is 0 Å². The second-order valence-electron chi connectivity index (χ2n) is 5.26. The average Bonchev–Trinajstić information content (AvgIpc) is 2.43. The molecule has 2 saturated heterocycles. The van der Waals surface area contributed by atoms with Gasteiger partial charge in [-0.25, -0.2) is 9.97 Å². The van der Waals surface area contributed by atoms with E-state index in [4.69, 9.17) is 11.6 Å². The van der Waals surface area contributed by atoms with Crippen LogP contribution in [-0.2, 0) is 6.54 Å². The van der Waals surface area contributed by atoms with Gasteiger partial charge >= 0.3 is 0 Å². The van der Waals surface area contributed by atoms with Crippen LogP contribution in [0.2, 0.25) is 5.28 Å². The molecule has 0 unspecified atom stereocenters. The molecule has 0 bridgehead atoms. The third-order valence-electron chi connectivity index (χ3n) is 3.86. The molecule has 0 atom stereocenters. The molecule has 0 aliphatic carbocycles. The molecular weight excluding hydrogens is 260 g/mol. The number of aromatic nitrogens is 2. The standard InChI is InChI=1S/C12H17ClN4.C2H6/c13-11-15-5-10(6-16-11)7-17-8-12(9-17)1-3-14-4-2-12;1-2/h5-6,14H,1-4,7-9H2;1-2H3. The summed E-state index contributed by atoms with van der Waals surface area (Å²) in [5.41, 5.74) is 1.75. The fraction of sp³-hybridized carbons (Fsp3) is 0.714. The number of rotatable bonds is 2. The molecule has 5 heteroatoms. The van der Waals surface area contributed by atoms with E-state index in [1.165, 1.54) is 39.0 Å². The first-order chi connectivity index (χ1) is 9.26. The first-order valence-corrected chi connectivity index (χ1v) is 7.53. The topological polar surface area (TPSA) is 41.1 Å². The van der Waals surface area contributed by atoms with Crippen molar-refractivity contribution in [1.82, 2.24) is 20.2 Å². The monoisotopic (exact) mass is 282 g/mol. The lowest BCUT2D eigenvalue weighted by atomic mass is 9.72. The minimum absolute atomic E-state index is 0.326. The van der Waals surface area contributed by atoms with Gasteiger partial charge in [0.05, 0.1) is 0 Å². The van der Waals surface area contributed by atoms with Gasteiger partial charge in [0.1, 0.15) is 0 Å². The summed E-state index contributed by atoms with van der Waals surface area (Å²) in [6, 6.07) is 0. The van der Waals surface area contributed by atoms with Crippen molar-refractivity contribution in [3.8, 4) is 0 Å². The zero-order valence-corrected chi connectivity index (χ0v) is 12.6. The smallest absolute Gasteiger partial charge is 0.222 e. The Morgan fingerprint density at radius 3 is 2.37 bits per heavy atom. The second kappa shape index (κ2) is 6.64. The molecule has 0 aromatic carbocycles. The van der Waals surface area contributed by atoms with Gasteiger partial charge in [0, 0.05) is 37.6 Å². The highest BCUT2D eigenvalue weighted by Crippen LogP contribution is 2.39. The number of piperidine rings is 1. The van der Waals surface area contributed by atoms with Crippen molar-refractivity contribution in [3.63, 3.8) is 0 Å². The molecule has 2 fully saturated rings. The van der Waals surface area contributed by atoms with Crippen LogP contribution in [0.25, 0.3) is 0 Å². The molecule has 0 radical (unpaired) electrons. The first-order valence-electron chi connectivity index (χ1n) is 7.15.